The van der Waals surface area contributed by atoms with E-state index in [2.05, 4.69) is 0 Å². The molecule has 1 aliphatic heterocycles. The van der Waals surface area contributed by atoms with Crippen molar-refractivity contribution >= 4 is 29.8 Å². The molecule has 1 aromatic rings. The Bertz CT molecular complexity index is 1640. The predicted octanol–water partition coefficient (Wildman–Crippen LogP) is 6.02. The quantitative estimate of drug-likeness (QED) is 0.120. The lowest BCUT2D eigenvalue weighted by atomic mass is 9.39. The van der Waals surface area contributed by atoms with E-state index in [1.807, 2.05) is 33.8 Å². The average molecular weight is 727 g/mol. The summed E-state index contributed by atoms with van der Waals surface area (Å²) in [6, 6.07) is 1.87. The van der Waals surface area contributed by atoms with Gasteiger partial charge < -0.3 is 32.8 Å². The van der Waals surface area contributed by atoms with Gasteiger partial charge in [-0.05, 0) is 50.3 Å². The summed E-state index contributed by atoms with van der Waals surface area (Å²) in [6.07, 6.45) is 1.08. The predicted molar refractivity (Wildman–Crippen MR) is 186 cm³/mol. The highest BCUT2D eigenvalue weighted by Gasteiger charge is 2.77. The molecule has 0 amide bonds. The van der Waals surface area contributed by atoms with Gasteiger partial charge in [0, 0.05) is 60.3 Å². The van der Waals surface area contributed by atoms with E-state index in [1.165, 1.54) is 21.0 Å². The fraction of sp³-hybridized carbons (Fsp3) is 0.675. The first-order chi connectivity index (χ1) is 24.4. The molecule has 5 rings (SSSR count). The molecular weight excluding hydrogens is 672 g/mol. The monoisotopic (exact) mass is 726 g/mol. The molecule has 11 atom stereocenters. The minimum Gasteiger partial charge on any atom is -0.472 e. The zero-order chi connectivity index (χ0) is 38.5. The third kappa shape index (κ3) is 6.38. The van der Waals surface area contributed by atoms with Crippen molar-refractivity contribution in [2.75, 3.05) is 13.7 Å². The highest BCUT2D eigenvalue weighted by molar-refractivity contribution is 5.87. The molecule has 1 unspecified atom stereocenters. The topological polar surface area (TPSA) is 154 Å². The van der Waals surface area contributed by atoms with Crippen LogP contribution in [0.2, 0.25) is 0 Å². The van der Waals surface area contributed by atoms with Gasteiger partial charge in [-0.1, -0.05) is 46.3 Å². The van der Waals surface area contributed by atoms with Crippen molar-refractivity contribution in [2.24, 2.45) is 34.0 Å². The van der Waals surface area contributed by atoms with Gasteiger partial charge >= 0.3 is 29.8 Å². The lowest BCUT2D eigenvalue weighted by Crippen LogP contribution is -2.72. The molecule has 0 N–H and O–H groups in total. The van der Waals surface area contributed by atoms with Gasteiger partial charge in [-0.3, -0.25) is 19.2 Å². The van der Waals surface area contributed by atoms with Gasteiger partial charge in [-0.15, -0.1) is 0 Å². The molecule has 12 heteroatoms. The molecule has 12 nitrogen and oxygen atoms in total. The Morgan fingerprint density at radius 2 is 1.63 bits per heavy atom. The van der Waals surface area contributed by atoms with E-state index < -0.39 is 94.4 Å². The van der Waals surface area contributed by atoms with Gasteiger partial charge in [0.2, 0.25) is 0 Å². The SMILES string of the molecule is C/C=C(\C)C(=O)O[C@H]1C[C@@H](OC(C)=O)[C@@]2(C)CO[C@@H]3C2[C@@]1(C)[C@@H](CC(=O)OC)[C@](C)(C1=C(C)[C@H](c2ccoc2)C[C@@H]1OC(C)=O)[C@@H]3OC(=O)C(C)C. The van der Waals surface area contributed by atoms with Crippen molar-refractivity contribution < 1.29 is 56.8 Å². The Hall–Kier alpha value is -3.93. The summed E-state index contributed by atoms with van der Waals surface area (Å²) in [7, 11) is 1.31. The van der Waals surface area contributed by atoms with Gasteiger partial charge in [0.05, 0.1) is 38.3 Å². The third-order valence-electron chi connectivity index (χ3n) is 12.7. The van der Waals surface area contributed by atoms with Gasteiger partial charge in [0.1, 0.15) is 24.4 Å². The van der Waals surface area contributed by atoms with E-state index >= 15 is 0 Å². The Morgan fingerprint density at radius 1 is 0.962 bits per heavy atom. The lowest BCUT2D eigenvalue weighted by molar-refractivity contribution is -0.261. The van der Waals surface area contributed by atoms with Crippen LogP contribution in [-0.4, -0.2) is 74.1 Å². The van der Waals surface area contributed by atoms with E-state index in [0.29, 0.717) is 17.6 Å². The molecule has 2 saturated carbocycles. The maximum atomic E-state index is 13.8. The van der Waals surface area contributed by atoms with Gasteiger partial charge in [-0.2, -0.15) is 0 Å². The van der Waals surface area contributed by atoms with Crippen LogP contribution in [0.15, 0.2) is 45.8 Å². The van der Waals surface area contributed by atoms with Crippen LogP contribution in [0, 0.1) is 34.0 Å². The number of rotatable bonds is 10. The van der Waals surface area contributed by atoms with Gasteiger partial charge in [0.15, 0.2) is 0 Å². The molecule has 0 spiro atoms. The molecule has 1 saturated heterocycles. The van der Waals surface area contributed by atoms with E-state index in [4.69, 9.17) is 32.8 Å². The number of carbonyl (C=O) groups is 5. The Balaban J connectivity index is 1.85. The van der Waals surface area contributed by atoms with Crippen molar-refractivity contribution in [3.8, 4) is 0 Å². The first kappa shape index (κ1) is 39.3. The number of allylic oxidation sites excluding steroid dienone is 2. The van der Waals surface area contributed by atoms with Crippen LogP contribution in [0.25, 0.3) is 0 Å². The molecule has 1 aromatic heterocycles. The number of carbonyl (C=O) groups excluding carboxylic acids is 5. The number of hydrogen-bond donors (Lipinski definition) is 0. The van der Waals surface area contributed by atoms with E-state index in [-0.39, 0.29) is 25.4 Å². The number of methoxy groups -OCH3 is 1. The van der Waals surface area contributed by atoms with Crippen LogP contribution in [0.3, 0.4) is 0 Å². The first-order valence-electron chi connectivity index (χ1n) is 18.2. The largest absolute Gasteiger partial charge is 0.472 e. The van der Waals surface area contributed by atoms with Crippen LogP contribution in [-0.2, 0) is 52.4 Å². The summed E-state index contributed by atoms with van der Waals surface area (Å²) >= 11 is 0. The molecule has 3 aliphatic carbocycles. The smallest absolute Gasteiger partial charge is 0.333 e. The zero-order valence-corrected chi connectivity index (χ0v) is 32.2. The summed E-state index contributed by atoms with van der Waals surface area (Å²) in [5.74, 6) is -4.55. The van der Waals surface area contributed by atoms with Crippen LogP contribution in [0.5, 0.6) is 0 Å². The molecule has 52 heavy (non-hydrogen) atoms. The molecular formula is C40H54O12. The molecule has 2 heterocycles. The van der Waals surface area contributed by atoms with Crippen LogP contribution >= 0.6 is 0 Å². The first-order valence-corrected chi connectivity index (χ1v) is 18.2. The fourth-order valence-corrected chi connectivity index (χ4v) is 10.3. The van der Waals surface area contributed by atoms with Crippen LogP contribution < -0.4 is 0 Å². The Morgan fingerprint density at radius 3 is 2.19 bits per heavy atom. The van der Waals surface area contributed by atoms with E-state index in [1.54, 1.807) is 46.3 Å². The summed E-state index contributed by atoms with van der Waals surface area (Å²) < 4.78 is 42.7. The number of esters is 5. The van der Waals surface area contributed by atoms with Crippen molar-refractivity contribution in [1.29, 1.82) is 0 Å². The van der Waals surface area contributed by atoms with Crippen molar-refractivity contribution in [3.05, 3.63) is 47.0 Å². The third-order valence-corrected chi connectivity index (χ3v) is 12.7. The van der Waals surface area contributed by atoms with Crippen LogP contribution in [0.4, 0.5) is 0 Å². The minimum absolute atomic E-state index is 0.134. The van der Waals surface area contributed by atoms with Crippen molar-refractivity contribution in [2.45, 2.75) is 125 Å². The summed E-state index contributed by atoms with van der Waals surface area (Å²) in [5, 5.41) is 0. The summed E-state index contributed by atoms with van der Waals surface area (Å²) in [5.41, 5.74) is -0.301. The van der Waals surface area contributed by atoms with Gasteiger partial charge in [-0.25, -0.2) is 4.79 Å². The lowest BCUT2D eigenvalue weighted by Gasteiger charge is -2.66. The normalized spacial score (nSPS) is 37.0. The van der Waals surface area contributed by atoms with Crippen LogP contribution in [0.1, 0.15) is 100.0 Å². The number of hydrogen-bond acceptors (Lipinski definition) is 12. The standard InChI is InChI=1S/C40H54O12/c1-12-21(4)37(45)51-30-17-29(50-24(7)42)38(8)19-48-33-34(38)39(30,9)28(16-31(43)46-11)40(10,35(33)52-36(44)20(2)3)32-22(5)26(25-13-14-47-18-25)15-27(32)49-23(6)41/h12-14,18,20,26-30,33-35H,15-17,19H2,1-11H3/b21-12+/t26-,27+,28-,29-,30+,33-,34?,35-,38-,39+,40-/m1/s1. The Labute approximate surface area is 305 Å². The maximum Gasteiger partial charge on any atom is 0.333 e. The number of ether oxygens (including phenoxy) is 6. The highest BCUT2D eigenvalue weighted by Crippen LogP contribution is 2.72. The molecule has 0 bridgehead atoms. The fourth-order valence-electron chi connectivity index (χ4n) is 10.3. The maximum absolute atomic E-state index is 13.8. The number of furan rings is 1. The van der Waals surface area contributed by atoms with Crippen molar-refractivity contribution in [3.63, 3.8) is 0 Å². The molecule has 286 valence electrons. The summed E-state index contributed by atoms with van der Waals surface area (Å²) in [6.45, 7) is 17.6. The molecule has 4 aliphatic rings. The zero-order valence-electron chi connectivity index (χ0n) is 32.2. The molecule has 0 aromatic carbocycles. The average Bonchev–Trinajstić information content (AvgIpc) is 3.81. The van der Waals surface area contributed by atoms with E-state index in [0.717, 1.165) is 11.1 Å². The highest BCUT2D eigenvalue weighted by atomic mass is 16.6. The van der Waals surface area contributed by atoms with Crippen molar-refractivity contribution in [1.82, 2.24) is 0 Å². The second kappa shape index (κ2) is 14.5. The second-order valence-corrected chi connectivity index (χ2v) is 16.0. The second-order valence-electron chi connectivity index (χ2n) is 16.0. The summed E-state index contributed by atoms with van der Waals surface area (Å²) in [4.78, 5) is 66.5. The minimum atomic E-state index is -1.25. The van der Waals surface area contributed by atoms with Gasteiger partial charge in [0.25, 0.3) is 0 Å². The Kier molecular flexibility index (Phi) is 10.9. The molecule has 0 radical (unpaired) electrons. The molecule has 3 fully saturated rings. The van der Waals surface area contributed by atoms with E-state index in [9.17, 15) is 24.0 Å².